The summed E-state index contributed by atoms with van der Waals surface area (Å²) in [4.78, 5) is 10.5. The zero-order chi connectivity index (χ0) is 17.7. The summed E-state index contributed by atoms with van der Waals surface area (Å²) in [5, 5.41) is 2.98. The largest absolute Gasteiger partial charge is 0.497 e. The minimum atomic E-state index is -3.69. The van der Waals surface area contributed by atoms with Crippen molar-refractivity contribution in [2.75, 3.05) is 20.4 Å². The van der Waals surface area contributed by atoms with Crippen molar-refractivity contribution in [3.8, 4) is 5.75 Å². The molecule has 9 heteroatoms. The summed E-state index contributed by atoms with van der Waals surface area (Å²) >= 11 is 0. The van der Waals surface area contributed by atoms with Gasteiger partial charge < -0.3 is 10.1 Å². The van der Waals surface area contributed by atoms with E-state index in [1.807, 2.05) is 17.0 Å². The molecule has 0 spiro atoms. The van der Waals surface area contributed by atoms with Crippen molar-refractivity contribution in [2.45, 2.75) is 11.4 Å². The standard InChI is InChI=1S/C16H19N5O3S/c1-24-14-4-6-15(7-5-14)25(22,23)20-16-18-11-21(12-19-16)10-13-3-2-8-17-9-13/h2-9H,10-12H2,1H3,(H2,18,19,20). The van der Waals surface area contributed by atoms with Gasteiger partial charge >= 0.3 is 0 Å². The van der Waals surface area contributed by atoms with Gasteiger partial charge in [-0.1, -0.05) is 6.07 Å². The highest BCUT2D eigenvalue weighted by Gasteiger charge is 2.19. The molecule has 25 heavy (non-hydrogen) atoms. The van der Waals surface area contributed by atoms with E-state index in [4.69, 9.17) is 4.74 Å². The fraction of sp³-hybridized carbons (Fsp3) is 0.250. The third-order valence-electron chi connectivity index (χ3n) is 3.63. The number of aliphatic imine (C=N–C) groups is 1. The summed E-state index contributed by atoms with van der Waals surface area (Å²) in [5.41, 5.74) is 1.07. The lowest BCUT2D eigenvalue weighted by atomic mass is 10.3. The second kappa shape index (κ2) is 7.49. The van der Waals surface area contributed by atoms with Crippen LogP contribution in [0.1, 0.15) is 5.56 Å². The Bertz CT molecular complexity index is 838. The number of nitrogens with one attached hydrogen (secondary N) is 2. The Labute approximate surface area is 146 Å². The average molecular weight is 361 g/mol. The summed E-state index contributed by atoms with van der Waals surface area (Å²) in [5.74, 6) is 0.830. The molecule has 132 valence electrons. The van der Waals surface area contributed by atoms with Crippen LogP contribution in [0.5, 0.6) is 5.75 Å². The van der Waals surface area contributed by atoms with Gasteiger partial charge in [-0.15, -0.1) is 0 Å². The molecule has 0 aliphatic carbocycles. The van der Waals surface area contributed by atoms with Gasteiger partial charge in [-0.05, 0) is 35.9 Å². The van der Waals surface area contributed by atoms with Gasteiger partial charge in [0.15, 0.2) is 0 Å². The molecular weight excluding hydrogens is 342 g/mol. The van der Waals surface area contributed by atoms with E-state index in [9.17, 15) is 8.42 Å². The zero-order valence-corrected chi connectivity index (χ0v) is 14.5. The smallest absolute Gasteiger partial charge is 0.264 e. The number of pyridine rings is 1. The zero-order valence-electron chi connectivity index (χ0n) is 13.7. The molecular formula is C16H19N5O3S. The van der Waals surface area contributed by atoms with Crippen molar-refractivity contribution in [1.82, 2.24) is 19.9 Å². The topological polar surface area (TPSA) is 95.9 Å². The molecule has 0 saturated carbocycles. The molecule has 0 fully saturated rings. The van der Waals surface area contributed by atoms with E-state index in [0.717, 1.165) is 5.56 Å². The first kappa shape index (κ1) is 17.2. The van der Waals surface area contributed by atoms with E-state index < -0.39 is 10.0 Å². The van der Waals surface area contributed by atoms with Crippen LogP contribution in [0.2, 0.25) is 0 Å². The summed E-state index contributed by atoms with van der Waals surface area (Å²) in [6.45, 7) is 1.56. The molecule has 0 amide bonds. The molecule has 0 bridgehead atoms. The second-order valence-electron chi connectivity index (χ2n) is 5.45. The molecule has 0 atom stereocenters. The number of guanidine groups is 1. The van der Waals surface area contributed by atoms with E-state index >= 15 is 0 Å². The SMILES string of the molecule is COc1ccc(S(=O)(=O)NC2=NCN(Cc3cccnc3)CN2)cc1. The number of benzene rings is 1. The van der Waals surface area contributed by atoms with Gasteiger partial charge in [0.25, 0.3) is 10.0 Å². The van der Waals surface area contributed by atoms with Crippen LogP contribution in [0.15, 0.2) is 58.7 Å². The lowest BCUT2D eigenvalue weighted by Crippen LogP contribution is -2.49. The number of hydrogen-bond donors (Lipinski definition) is 2. The van der Waals surface area contributed by atoms with Gasteiger partial charge in [0.05, 0.1) is 25.3 Å². The maximum atomic E-state index is 12.4. The van der Waals surface area contributed by atoms with Crippen molar-refractivity contribution < 1.29 is 13.2 Å². The number of hydrogen-bond acceptors (Lipinski definition) is 7. The Morgan fingerprint density at radius 2 is 2.08 bits per heavy atom. The van der Waals surface area contributed by atoms with Crippen LogP contribution >= 0.6 is 0 Å². The van der Waals surface area contributed by atoms with E-state index in [1.165, 1.54) is 19.2 Å². The monoisotopic (exact) mass is 361 g/mol. The molecule has 0 unspecified atom stereocenters. The summed E-state index contributed by atoms with van der Waals surface area (Å²) in [7, 11) is -2.16. The van der Waals surface area contributed by atoms with Gasteiger partial charge in [0.1, 0.15) is 5.75 Å². The predicted molar refractivity (Wildman–Crippen MR) is 93.4 cm³/mol. The first-order valence-corrected chi connectivity index (χ1v) is 9.11. The van der Waals surface area contributed by atoms with Gasteiger partial charge in [-0.25, -0.2) is 18.1 Å². The number of sulfonamides is 1. The minimum absolute atomic E-state index is 0.149. The number of methoxy groups -OCH3 is 1. The van der Waals surface area contributed by atoms with Crippen molar-refractivity contribution in [3.63, 3.8) is 0 Å². The molecule has 2 aromatic rings. The maximum absolute atomic E-state index is 12.4. The Balaban J connectivity index is 1.61. The highest BCUT2D eigenvalue weighted by molar-refractivity contribution is 7.90. The maximum Gasteiger partial charge on any atom is 0.264 e. The molecule has 1 aliphatic rings. The third kappa shape index (κ3) is 4.46. The van der Waals surface area contributed by atoms with Crippen molar-refractivity contribution in [2.24, 2.45) is 4.99 Å². The summed E-state index contributed by atoms with van der Waals surface area (Å²) in [6, 6.07) is 10.0. The van der Waals surface area contributed by atoms with Gasteiger partial charge in [0.2, 0.25) is 5.96 Å². The van der Waals surface area contributed by atoms with Gasteiger partial charge in [0, 0.05) is 18.9 Å². The Morgan fingerprint density at radius 1 is 1.28 bits per heavy atom. The highest BCUT2D eigenvalue weighted by Crippen LogP contribution is 2.15. The van der Waals surface area contributed by atoms with Crippen LogP contribution in [-0.2, 0) is 16.6 Å². The minimum Gasteiger partial charge on any atom is -0.497 e. The molecule has 8 nitrogen and oxygen atoms in total. The van der Waals surface area contributed by atoms with Crippen molar-refractivity contribution in [3.05, 3.63) is 54.4 Å². The van der Waals surface area contributed by atoms with Crippen LogP contribution in [0, 0.1) is 0 Å². The Kier molecular flexibility index (Phi) is 5.15. The van der Waals surface area contributed by atoms with Crippen molar-refractivity contribution >= 4 is 16.0 Å². The molecule has 2 N–H and O–H groups in total. The van der Waals surface area contributed by atoms with E-state index in [2.05, 4.69) is 20.0 Å². The number of nitrogens with zero attached hydrogens (tertiary/aromatic N) is 3. The number of aromatic nitrogens is 1. The van der Waals surface area contributed by atoms with Gasteiger partial charge in [-0.2, -0.15) is 0 Å². The molecule has 1 aromatic carbocycles. The summed E-state index contributed by atoms with van der Waals surface area (Å²) in [6.07, 6.45) is 3.52. The lowest BCUT2D eigenvalue weighted by Gasteiger charge is -2.26. The van der Waals surface area contributed by atoms with Crippen LogP contribution < -0.4 is 14.8 Å². The predicted octanol–water partition coefficient (Wildman–Crippen LogP) is 0.745. The molecule has 2 heterocycles. The second-order valence-corrected chi connectivity index (χ2v) is 7.14. The number of rotatable bonds is 5. The first-order chi connectivity index (χ1) is 12.1. The number of ether oxygens (including phenoxy) is 1. The van der Waals surface area contributed by atoms with Gasteiger partial charge in [-0.3, -0.25) is 9.88 Å². The average Bonchev–Trinajstić information content (AvgIpc) is 2.64. The molecule has 1 aliphatic heterocycles. The van der Waals surface area contributed by atoms with Crippen molar-refractivity contribution in [1.29, 1.82) is 0 Å². The molecule has 0 radical (unpaired) electrons. The summed E-state index contributed by atoms with van der Waals surface area (Å²) < 4.78 is 32.3. The Hall–Kier alpha value is -2.65. The fourth-order valence-corrected chi connectivity index (χ4v) is 3.33. The van der Waals surface area contributed by atoms with Crippen LogP contribution in [0.3, 0.4) is 0 Å². The van der Waals surface area contributed by atoms with E-state index in [0.29, 0.717) is 25.6 Å². The van der Waals surface area contributed by atoms with Crippen LogP contribution in [-0.4, -0.2) is 44.7 Å². The Morgan fingerprint density at radius 3 is 2.68 bits per heavy atom. The van der Waals surface area contributed by atoms with E-state index in [-0.39, 0.29) is 10.9 Å². The lowest BCUT2D eigenvalue weighted by molar-refractivity contribution is 0.255. The third-order valence-corrected chi connectivity index (χ3v) is 4.98. The highest BCUT2D eigenvalue weighted by atomic mass is 32.2. The van der Waals surface area contributed by atoms with E-state index in [1.54, 1.807) is 24.5 Å². The first-order valence-electron chi connectivity index (χ1n) is 7.63. The van der Waals surface area contributed by atoms with Crippen LogP contribution in [0.4, 0.5) is 0 Å². The molecule has 3 rings (SSSR count). The molecule has 0 saturated heterocycles. The normalized spacial score (nSPS) is 15.2. The fourth-order valence-electron chi connectivity index (χ4n) is 2.33. The quantitative estimate of drug-likeness (QED) is 0.816. The molecule has 1 aromatic heterocycles. The van der Waals surface area contributed by atoms with Crippen LogP contribution in [0.25, 0.3) is 0 Å².